The summed E-state index contributed by atoms with van der Waals surface area (Å²) in [5, 5.41) is 21.0. The molecule has 1 heterocycles. The van der Waals surface area contributed by atoms with Gasteiger partial charge in [-0.05, 0) is 17.2 Å². The number of nitro benzene ring substituents is 1. The summed E-state index contributed by atoms with van der Waals surface area (Å²) in [7, 11) is 1.79. The van der Waals surface area contributed by atoms with E-state index in [1.54, 1.807) is 23.9 Å². The molecule has 1 unspecified atom stereocenters. The number of fused-ring (bicyclic) bond motifs is 1. The number of carbonyl (C=O) groups is 1. The van der Waals surface area contributed by atoms with Gasteiger partial charge in [0, 0.05) is 31.3 Å². The van der Waals surface area contributed by atoms with Crippen LogP contribution in [-0.4, -0.2) is 26.6 Å². The van der Waals surface area contributed by atoms with E-state index < -0.39 is 16.9 Å². The van der Waals surface area contributed by atoms with Crippen molar-refractivity contribution in [2.24, 2.45) is 12.8 Å². The maximum atomic E-state index is 11.5. The summed E-state index contributed by atoms with van der Waals surface area (Å²) in [6.07, 6.45) is 1.73. The average molecular weight is 339 g/mol. The molecule has 3 rings (SSSR count). The van der Waals surface area contributed by atoms with E-state index >= 15 is 0 Å². The lowest BCUT2D eigenvalue weighted by Crippen LogP contribution is -2.32. The molecule has 0 saturated carbocycles. The van der Waals surface area contributed by atoms with Crippen LogP contribution in [0.2, 0.25) is 0 Å². The zero-order valence-electron chi connectivity index (χ0n) is 13.5. The summed E-state index contributed by atoms with van der Waals surface area (Å²) in [4.78, 5) is 22.1. The Bertz CT molecular complexity index is 963. The zero-order chi connectivity index (χ0) is 18.1. The molecule has 0 aliphatic carbocycles. The molecule has 0 aliphatic rings. The molecule has 25 heavy (non-hydrogen) atoms. The van der Waals surface area contributed by atoms with Crippen LogP contribution in [0.4, 0.5) is 5.69 Å². The number of nitrogens with two attached hydrogens (primary N) is 1. The Balaban J connectivity index is 2.30. The van der Waals surface area contributed by atoms with Crippen LogP contribution in [0, 0.1) is 10.1 Å². The van der Waals surface area contributed by atoms with E-state index in [1.165, 1.54) is 6.07 Å². The number of aliphatic carboxylic acids is 1. The predicted octanol–water partition coefficient (Wildman–Crippen LogP) is 2.71. The molecular weight excluding hydrogens is 322 g/mol. The molecule has 0 fully saturated rings. The van der Waals surface area contributed by atoms with Gasteiger partial charge >= 0.3 is 5.97 Å². The number of aryl methyl sites for hydroxylation is 1. The lowest BCUT2D eigenvalue weighted by Gasteiger charge is -2.08. The van der Waals surface area contributed by atoms with Gasteiger partial charge in [-0.25, -0.2) is 0 Å². The van der Waals surface area contributed by atoms with Crippen LogP contribution < -0.4 is 5.73 Å². The van der Waals surface area contributed by atoms with E-state index in [0.29, 0.717) is 16.5 Å². The highest BCUT2D eigenvalue weighted by Gasteiger charge is 2.24. The Labute approximate surface area is 143 Å². The largest absolute Gasteiger partial charge is 0.480 e. The van der Waals surface area contributed by atoms with Crippen LogP contribution in [0.1, 0.15) is 5.56 Å². The maximum absolute atomic E-state index is 11.5. The fourth-order valence-corrected chi connectivity index (χ4v) is 3.11. The van der Waals surface area contributed by atoms with Crippen LogP contribution in [-0.2, 0) is 18.3 Å². The quantitative estimate of drug-likeness (QED) is 0.548. The molecule has 3 N–H and O–H groups in total. The van der Waals surface area contributed by atoms with Gasteiger partial charge in [-0.3, -0.25) is 14.9 Å². The van der Waals surface area contributed by atoms with Gasteiger partial charge in [0.2, 0.25) is 0 Å². The molecular formula is C18H17N3O4. The third-order valence-electron chi connectivity index (χ3n) is 4.22. The van der Waals surface area contributed by atoms with E-state index in [0.717, 1.165) is 11.1 Å². The minimum absolute atomic E-state index is 0.0196. The number of hydrogen-bond acceptors (Lipinski definition) is 4. The van der Waals surface area contributed by atoms with Crippen LogP contribution in [0.3, 0.4) is 0 Å². The zero-order valence-corrected chi connectivity index (χ0v) is 13.5. The van der Waals surface area contributed by atoms with Gasteiger partial charge in [0.05, 0.1) is 15.8 Å². The van der Waals surface area contributed by atoms with E-state index in [9.17, 15) is 14.9 Å². The number of nitro groups is 1. The Morgan fingerprint density at radius 1 is 1.28 bits per heavy atom. The van der Waals surface area contributed by atoms with Gasteiger partial charge in [-0.2, -0.15) is 0 Å². The summed E-state index contributed by atoms with van der Waals surface area (Å²) >= 11 is 0. The fraction of sp³-hybridized carbons (Fsp3) is 0.167. The van der Waals surface area contributed by atoms with E-state index in [2.05, 4.69) is 0 Å². The van der Waals surface area contributed by atoms with E-state index in [-0.39, 0.29) is 12.1 Å². The smallest absolute Gasteiger partial charge is 0.320 e. The number of rotatable bonds is 5. The van der Waals surface area contributed by atoms with Gasteiger partial charge in [0.1, 0.15) is 6.04 Å². The summed E-state index contributed by atoms with van der Waals surface area (Å²) < 4.78 is 1.79. The summed E-state index contributed by atoms with van der Waals surface area (Å²) in [6, 6.07) is 11.6. The normalized spacial score (nSPS) is 12.2. The number of carboxylic acids is 1. The molecule has 0 bridgehead atoms. The third kappa shape index (κ3) is 2.97. The second kappa shape index (κ2) is 6.37. The molecule has 0 spiro atoms. The number of carboxylic acid groups (broad SMARTS) is 1. The Kier molecular flexibility index (Phi) is 4.24. The number of hydrogen-bond donors (Lipinski definition) is 2. The molecule has 0 radical (unpaired) electrons. The summed E-state index contributed by atoms with van der Waals surface area (Å²) in [5.74, 6) is -1.14. The van der Waals surface area contributed by atoms with Crippen molar-refractivity contribution in [2.75, 3.05) is 0 Å². The number of non-ortho nitro benzene ring substituents is 1. The minimum atomic E-state index is -1.14. The first kappa shape index (κ1) is 16.7. The molecule has 0 amide bonds. The minimum Gasteiger partial charge on any atom is -0.480 e. The highest BCUT2D eigenvalue weighted by molar-refractivity contribution is 6.02. The molecule has 7 heteroatoms. The lowest BCUT2D eigenvalue weighted by atomic mass is 9.98. The van der Waals surface area contributed by atoms with Crippen molar-refractivity contribution < 1.29 is 14.8 Å². The van der Waals surface area contributed by atoms with Crippen molar-refractivity contribution in [3.05, 3.63) is 64.3 Å². The first-order valence-electron chi connectivity index (χ1n) is 7.69. The number of nitrogens with zero attached hydrogens (tertiary/aromatic N) is 2. The van der Waals surface area contributed by atoms with Crippen molar-refractivity contribution in [1.29, 1.82) is 0 Å². The Morgan fingerprint density at radius 3 is 2.56 bits per heavy atom. The molecule has 1 aromatic heterocycles. The first-order valence-corrected chi connectivity index (χ1v) is 7.69. The maximum Gasteiger partial charge on any atom is 0.320 e. The molecule has 128 valence electrons. The highest BCUT2D eigenvalue weighted by atomic mass is 16.6. The monoisotopic (exact) mass is 339 g/mol. The fourth-order valence-electron chi connectivity index (χ4n) is 3.11. The van der Waals surface area contributed by atoms with Gasteiger partial charge in [-0.15, -0.1) is 0 Å². The lowest BCUT2D eigenvalue weighted by molar-refractivity contribution is -0.383. The van der Waals surface area contributed by atoms with E-state index in [1.807, 2.05) is 30.3 Å². The van der Waals surface area contributed by atoms with Crippen LogP contribution in [0.25, 0.3) is 22.0 Å². The number of benzene rings is 2. The average Bonchev–Trinajstić information content (AvgIpc) is 2.91. The van der Waals surface area contributed by atoms with E-state index in [4.69, 9.17) is 10.8 Å². The van der Waals surface area contributed by atoms with Crippen molar-refractivity contribution in [3.8, 4) is 11.1 Å². The van der Waals surface area contributed by atoms with Gasteiger partial charge in [-0.1, -0.05) is 30.3 Å². The van der Waals surface area contributed by atoms with Crippen molar-refractivity contribution in [1.82, 2.24) is 4.57 Å². The van der Waals surface area contributed by atoms with Crippen LogP contribution in [0.15, 0.2) is 48.7 Å². The number of aromatic nitrogens is 1. The van der Waals surface area contributed by atoms with Gasteiger partial charge in [0.15, 0.2) is 0 Å². The van der Waals surface area contributed by atoms with Gasteiger partial charge < -0.3 is 15.4 Å². The summed E-state index contributed by atoms with van der Waals surface area (Å²) in [5.41, 5.74) is 8.61. The Hall–Kier alpha value is -3.19. The standard InChI is InChI=1S/C18H17N3O4/c1-20-10-12(9-14(19)18(22)23)16-15(21(24)25)8-7-13(17(16)20)11-5-3-2-4-6-11/h2-8,10,14H,9,19H2,1H3,(H,22,23). The molecule has 0 saturated heterocycles. The molecule has 3 aromatic rings. The van der Waals surface area contributed by atoms with Crippen molar-refractivity contribution in [3.63, 3.8) is 0 Å². The van der Waals surface area contributed by atoms with Crippen molar-refractivity contribution >= 4 is 22.6 Å². The Morgan fingerprint density at radius 2 is 1.96 bits per heavy atom. The SMILES string of the molecule is Cn1cc(CC(N)C(=O)O)c2c([N+](=O)[O-])ccc(-c3ccccc3)c21. The van der Waals surface area contributed by atoms with Crippen LogP contribution in [0.5, 0.6) is 0 Å². The molecule has 2 aromatic carbocycles. The highest BCUT2D eigenvalue weighted by Crippen LogP contribution is 2.37. The first-order chi connectivity index (χ1) is 11.9. The molecule has 1 atom stereocenters. The van der Waals surface area contributed by atoms with Gasteiger partial charge in [0.25, 0.3) is 5.69 Å². The second-order valence-corrected chi connectivity index (χ2v) is 5.89. The molecule has 7 nitrogen and oxygen atoms in total. The van der Waals surface area contributed by atoms with Crippen molar-refractivity contribution in [2.45, 2.75) is 12.5 Å². The van der Waals surface area contributed by atoms with Crippen LogP contribution >= 0.6 is 0 Å². The predicted molar refractivity (Wildman–Crippen MR) is 94.3 cm³/mol. The topological polar surface area (TPSA) is 111 Å². The second-order valence-electron chi connectivity index (χ2n) is 5.89. The molecule has 0 aliphatic heterocycles. The third-order valence-corrected chi connectivity index (χ3v) is 4.22. The summed E-state index contributed by atoms with van der Waals surface area (Å²) in [6.45, 7) is 0.